The van der Waals surface area contributed by atoms with E-state index in [1.807, 2.05) is 31.2 Å². The first-order chi connectivity index (χ1) is 12.2. The van der Waals surface area contributed by atoms with Crippen molar-refractivity contribution < 1.29 is 9.02 Å². The third-order valence-corrected chi connectivity index (χ3v) is 3.54. The van der Waals surface area contributed by atoms with Crippen molar-refractivity contribution in [3.63, 3.8) is 0 Å². The molecule has 25 heavy (non-hydrogen) atoms. The monoisotopic (exact) mass is 336 g/mol. The number of halogens is 1. The van der Waals surface area contributed by atoms with E-state index in [9.17, 15) is 4.39 Å². The normalized spacial score (nSPS) is 10.8. The molecule has 2 aromatic carbocycles. The Bertz CT molecular complexity index is 932. The fraction of sp³-hybridized carbons (Fsp3) is 0.0588. The van der Waals surface area contributed by atoms with Crippen molar-refractivity contribution in [2.75, 3.05) is 10.6 Å². The van der Waals surface area contributed by atoms with E-state index in [1.54, 1.807) is 12.1 Å². The Morgan fingerprint density at radius 2 is 1.24 bits per heavy atom. The highest BCUT2D eigenvalue weighted by Gasteiger charge is 2.13. The van der Waals surface area contributed by atoms with Gasteiger partial charge >= 0.3 is 0 Å². The number of benzene rings is 2. The molecule has 7 nitrogen and oxygen atoms in total. The highest BCUT2D eigenvalue weighted by molar-refractivity contribution is 5.78. The predicted octanol–water partition coefficient (Wildman–Crippen LogP) is 3.95. The van der Waals surface area contributed by atoms with Crippen LogP contribution in [0.5, 0.6) is 0 Å². The maximum absolute atomic E-state index is 13.1. The third kappa shape index (κ3) is 3.23. The average molecular weight is 336 g/mol. The molecule has 4 rings (SSSR count). The van der Waals surface area contributed by atoms with Crippen molar-refractivity contribution in [1.29, 1.82) is 0 Å². The minimum absolute atomic E-state index is 0.277. The van der Waals surface area contributed by atoms with Crippen molar-refractivity contribution in [3.05, 3.63) is 59.9 Å². The predicted molar refractivity (Wildman–Crippen MR) is 91.5 cm³/mol. The number of anilines is 4. The Labute approximate surface area is 141 Å². The number of aromatic nitrogens is 4. The summed E-state index contributed by atoms with van der Waals surface area (Å²) in [6.07, 6.45) is 0. The molecule has 0 saturated heterocycles. The largest absolute Gasteiger partial charge is 0.337 e. The van der Waals surface area contributed by atoms with E-state index in [2.05, 4.69) is 35.5 Å². The van der Waals surface area contributed by atoms with E-state index in [0.29, 0.717) is 23.0 Å². The summed E-state index contributed by atoms with van der Waals surface area (Å²) in [7, 11) is 0. The molecule has 0 amide bonds. The molecule has 0 aliphatic heterocycles. The zero-order chi connectivity index (χ0) is 17.2. The van der Waals surface area contributed by atoms with Gasteiger partial charge in [-0.15, -0.1) is 0 Å². The summed E-state index contributed by atoms with van der Waals surface area (Å²) in [6, 6.07) is 13.8. The first kappa shape index (κ1) is 15.0. The van der Waals surface area contributed by atoms with Crippen LogP contribution in [0.25, 0.3) is 11.3 Å². The van der Waals surface area contributed by atoms with E-state index in [4.69, 9.17) is 0 Å². The molecular formula is C17H13FN6O. The molecule has 0 fully saturated rings. The lowest BCUT2D eigenvalue weighted by atomic mass is 10.2. The van der Waals surface area contributed by atoms with Gasteiger partial charge in [0.15, 0.2) is 11.6 Å². The molecule has 0 atom stereocenters. The molecule has 0 radical (unpaired) electrons. The molecule has 8 heteroatoms. The molecular weight excluding hydrogens is 323 g/mol. The van der Waals surface area contributed by atoms with Gasteiger partial charge in [-0.2, -0.15) is 0 Å². The molecule has 0 saturated carbocycles. The fourth-order valence-corrected chi connectivity index (χ4v) is 2.26. The van der Waals surface area contributed by atoms with Gasteiger partial charge < -0.3 is 10.6 Å². The lowest BCUT2D eigenvalue weighted by Crippen LogP contribution is -2.03. The summed E-state index contributed by atoms with van der Waals surface area (Å²) in [5, 5.41) is 13.7. The Morgan fingerprint density at radius 1 is 0.760 bits per heavy atom. The van der Waals surface area contributed by atoms with Gasteiger partial charge in [-0.3, -0.25) is 0 Å². The SMILES string of the molecule is Cc1ccc(Nc2nc3nonc3nc2Nc2ccc(F)cc2)cc1. The molecule has 0 bridgehead atoms. The second kappa shape index (κ2) is 6.16. The summed E-state index contributed by atoms with van der Waals surface area (Å²) in [5.74, 6) is 0.567. The summed E-state index contributed by atoms with van der Waals surface area (Å²) < 4.78 is 17.8. The van der Waals surface area contributed by atoms with Gasteiger partial charge in [0.2, 0.25) is 11.3 Å². The minimum atomic E-state index is -0.314. The van der Waals surface area contributed by atoms with Crippen molar-refractivity contribution in [2.24, 2.45) is 0 Å². The Balaban J connectivity index is 1.72. The van der Waals surface area contributed by atoms with E-state index in [1.165, 1.54) is 12.1 Å². The van der Waals surface area contributed by atoms with E-state index in [-0.39, 0.29) is 11.5 Å². The van der Waals surface area contributed by atoms with Crippen molar-refractivity contribution in [3.8, 4) is 0 Å². The third-order valence-electron chi connectivity index (χ3n) is 3.54. The quantitative estimate of drug-likeness (QED) is 0.583. The Morgan fingerprint density at radius 3 is 1.76 bits per heavy atom. The number of hydrogen-bond donors (Lipinski definition) is 2. The Kier molecular flexibility index (Phi) is 3.70. The van der Waals surface area contributed by atoms with Gasteiger partial charge in [0.1, 0.15) is 5.82 Å². The summed E-state index contributed by atoms with van der Waals surface area (Å²) in [5.41, 5.74) is 3.23. The first-order valence-electron chi connectivity index (χ1n) is 7.54. The van der Waals surface area contributed by atoms with Crippen LogP contribution in [-0.4, -0.2) is 20.3 Å². The smallest absolute Gasteiger partial charge is 0.245 e. The van der Waals surface area contributed by atoms with Gasteiger partial charge in [-0.1, -0.05) is 17.7 Å². The molecule has 0 unspecified atom stereocenters. The van der Waals surface area contributed by atoms with E-state index >= 15 is 0 Å². The van der Waals surface area contributed by atoms with Crippen molar-refractivity contribution in [1.82, 2.24) is 20.3 Å². The number of nitrogens with one attached hydrogen (secondary N) is 2. The van der Waals surface area contributed by atoms with E-state index in [0.717, 1.165) is 11.3 Å². The van der Waals surface area contributed by atoms with Crippen LogP contribution in [0.1, 0.15) is 5.56 Å². The lowest BCUT2D eigenvalue weighted by molar-refractivity contribution is 0.314. The average Bonchev–Trinajstić information content (AvgIpc) is 3.06. The number of hydrogen-bond acceptors (Lipinski definition) is 7. The molecule has 0 aliphatic carbocycles. The summed E-state index contributed by atoms with van der Waals surface area (Å²) in [6.45, 7) is 2.01. The van der Waals surface area contributed by atoms with Crippen LogP contribution in [0.15, 0.2) is 53.2 Å². The highest BCUT2D eigenvalue weighted by Crippen LogP contribution is 2.26. The van der Waals surface area contributed by atoms with Gasteiger partial charge in [0.05, 0.1) is 0 Å². The van der Waals surface area contributed by atoms with Crippen LogP contribution in [0.4, 0.5) is 27.4 Å². The van der Waals surface area contributed by atoms with Crippen LogP contribution < -0.4 is 10.6 Å². The topological polar surface area (TPSA) is 88.8 Å². The van der Waals surface area contributed by atoms with Crippen molar-refractivity contribution >= 4 is 34.3 Å². The van der Waals surface area contributed by atoms with Crippen LogP contribution in [0.2, 0.25) is 0 Å². The van der Waals surface area contributed by atoms with Gasteiger partial charge in [0.25, 0.3) is 0 Å². The molecule has 0 spiro atoms. The maximum Gasteiger partial charge on any atom is 0.245 e. The van der Waals surface area contributed by atoms with Crippen LogP contribution >= 0.6 is 0 Å². The second-order valence-corrected chi connectivity index (χ2v) is 5.46. The minimum Gasteiger partial charge on any atom is -0.337 e. The van der Waals surface area contributed by atoms with E-state index < -0.39 is 0 Å². The standard InChI is InChI=1S/C17H13FN6O/c1-10-2-6-12(7-3-10)19-14-15(20-13-8-4-11(18)5-9-13)22-17-16(21-14)23-25-24-17/h2-9H,1H3,(H,19,21,23)(H,20,22,24). The summed E-state index contributed by atoms with van der Waals surface area (Å²) in [4.78, 5) is 8.76. The molecule has 0 aliphatic rings. The van der Waals surface area contributed by atoms with Crippen LogP contribution in [0, 0.1) is 12.7 Å². The number of fused-ring (bicyclic) bond motifs is 1. The lowest BCUT2D eigenvalue weighted by Gasteiger charge is -2.12. The van der Waals surface area contributed by atoms with Crippen LogP contribution in [-0.2, 0) is 0 Å². The number of aryl methyl sites for hydroxylation is 1. The summed E-state index contributed by atoms with van der Waals surface area (Å²) >= 11 is 0. The molecule has 2 heterocycles. The molecule has 2 aromatic heterocycles. The fourth-order valence-electron chi connectivity index (χ4n) is 2.26. The zero-order valence-corrected chi connectivity index (χ0v) is 13.2. The highest BCUT2D eigenvalue weighted by atomic mass is 19.1. The van der Waals surface area contributed by atoms with Gasteiger partial charge in [-0.05, 0) is 53.6 Å². The molecule has 124 valence electrons. The second-order valence-electron chi connectivity index (χ2n) is 5.46. The van der Waals surface area contributed by atoms with Crippen molar-refractivity contribution in [2.45, 2.75) is 6.92 Å². The van der Waals surface area contributed by atoms with Gasteiger partial charge in [-0.25, -0.2) is 19.0 Å². The maximum atomic E-state index is 13.1. The molecule has 4 aromatic rings. The number of rotatable bonds is 4. The Hall–Kier alpha value is -3.55. The zero-order valence-electron chi connectivity index (χ0n) is 13.2. The van der Waals surface area contributed by atoms with Gasteiger partial charge in [0, 0.05) is 11.4 Å². The molecule has 2 N–H and O–H groups in total. The van der Waals surface area contributed by atoms with Crippen LogP contribution in [0.3, 0.4) is 0 Å². The number of nitrogens with zero attached hydrogens (tertiary/aromatic N) is 4. The first-order valence-corrected chi connectivity index (χ1v) is 7.54.